The number of alkyl carbamates (subject to hydrolysis) is 1. The number of aromatic hydroxyl groups is 1. The second kappa shape index (κ2) is 11.2. The van der Waals surface area contributed by atoms with Gasteiger partial charge >= 0.3 is 12.1 Å². The third-order valence-electron chi connectivity index (χ3n) is 3.95. The summed E-state index contributed by atoms with van der Waals surface area (Å²) >= 11 is 0. The largest absolute Gasteiger partial charge is 0.508 e. The van der Waals surface area contributed by atoms with Crippen molar-refractivity contribution in [1.82, 2.24) is 10.6 Å². The van der Waals surface area contributed by atoms with Gasteiger partial charge in [0.1, 0.15) is 30.0 Å². The number of hydrogen-bond acceptors (Lipinski definition) is 6. The lowest BCUT2D eigenvalue weighted by Crippen LogP contribution is -2.54. The molecule has 0 aromatic heterocycles. The third-order valence-corrected chi connectivity index (χ3v) is 3.95. The average molecular weight is 421 g/mol. The van der Waals surface area contributed by atoms with Crippen LogP contribution in [0, 0.1) is 5.92 Å². The number of rotatable bonds is 9. The van der Waals surface area contributed by atoms with E-state index in [1.165, 1.54) is 18.2 Å². The van der Waals surface area contributed by atoms with Crippen LogP contribution in [0.3, 0.4) is 0 Å². The van der Waals surface area contributed by atoms with E-state index in [9.17, 15) is 19.5 Å². The van der Waals surface area contributed by atoms with Crippen LogP contribution in [-0.2, 0) is 25.5 Å². The minimum Gasteiger partial charge on any atom is -0.508 e. The lowest BCUT2D eigenvalue weighted by molar-refractivity contribution is -0.148. The molecule has 1 rings (SSSR count). The Morgan fingerprint density at radius 1 is 1.13 bits per heavy atom. The van der Waals surface area contributed by atoms with Crippen LogP contribution in [0.1, 0.15) is 40.2 Å². The van der Waals surface area contributed by atoms with E-state index in [1.807, 2.05) is 0 Å². The number of nitrogens with one attached hydrogen (secondary N) is 2. The number of carbonyl (C=O) groups excluding carboxylic acids is 3. The molecule has 1 aromatic carbocycles. The fourth-order valence-electron chi connectivity index (χ4n) is 2.51. The van der Waals surface area contributed by atoms with E-state index in [4.69, 9.17) is 9.47 Å². The maximum atomic E-state index is 13.0. The first kappa shape index (κ1) is 25.0. The van der Waals surface area contributed by atoms with Gasteiger partial charge in [-0.15, -0.1) is 0 Å². The maximum Gasteiger partial charge on any atom is 0.408 e. The number of phenolic OH excluding ortho intramolecular Hbond substituents is 1. The minimum atomic E-state index is -1.00. The molecule has 0 spiro atoms. The molecule has 0 unspecified atom stereocenters. The van der Waals surface area contributed by atoms with Gasteiger partial charge in [-0.2, -0.15) is 0 Å². The zero-order valence-electron chi connectivity index (χ0n) is 18.2. The van der Waals surface area contributed by atoms with Crippen LogP contribution in [0.5, 0.6) is 5.75 Å². The lowest BCUT2D eigenvalue weighted by atomic mass is 10.0. The molecule has 166 valence electrons. The van der Waals surface area contributed by atoms with Crippen molar-refractivity contribution in [3.63, 3.8) is 0 Å². The number of amides is 2. The van der Waals surface area contributed by atoms with Crippen LogP contribution in [0.2, 0.25) is 0 Å². The molecule has 0 aliphatic carbocycles. The topological polar surface area (TPSA) is 114 Å². The highest BCUT2D eigenvalue weighted by Gasteiger charge is 2.30. The summed E-state index contributed by atoms with van der Waals surface area (Å²) in [6, 6.07) is 4.37. The number of carbonyl (C=O) groups is 3. The van der Waals surface area contributed by atoms with E-state index >= 15 is 0 Å². The van der Waals surface area contributed by atoms with Crippen molar-refractivity contribution < 1.29 is 29.0 Å². The highest BCUT2D eigenvalue weighted by molar-refractivity contribution is 5.90. The van der Waals surface area contributed by atoms with Crippen molar-refractivity contribution in [2.75, 3.05) is 6.61 Å². The molecule has 0 saturated carbocycles. The van der Waals surface area contributed by atoms with E-state index in [0.29, 0.717) is 5.56 Å². The number of esters is 1. The van der Waals surface area contributed by atoms with E-state index in [0.717, 1.165) is 0 Å². The Morgan fingerprint density at radius 3 is 2.23 bits per heavy atom. The Hall–Kier alpha value is -3.03. The number of benzene rings is 1. The number of hydrogen-bond donors (Lipinski definition) is 3. The van der Waals surface area contributed by atoms with Gasteiger partial charge in [0.2, 0.25) is 5.91 Å². The number of phenols is 1. The molecule has 8 heteroatoms. The van der Waals surface area contributed by atoms with Gasteiger partial charge in [-0.25, -0.2) is 9.59 Å². The molecular formula is C22H32N2O6. The molecule has 2 amide bonds. The molecule has 1 aromatic rings. The van der Waals surface area contributed by atoms with E-state index in [2.05, 4.69) is 17.2 Å². The van der Waals surface area contributed by atoms with Gasteiger partial charge in [0.05, 0.1) is 0 Å². The Labute approximate surface area is 177 Å². The molecule has 30 heavy (non-hydrogen) atoms. The van der Waals surface area contributed by atoms with Crippen LogP contribution in [0.4, 0.5) is 4.79 Å². The summed E-state index contributed by atoms with van der Waals surface area (Å²) in [6.07, 6.45) is 0.823. The second-order valence-electron chi connectivity index (χ2n) is 8.22. The highest BCUT2D eigenvalue weighted by atomic mass is 16.6. The lowest BCUT2D eigenvalue weighted by Gasteiger charge is -2.26. The van der Waals surface area contributed by atoms with Crippen molar-refractivity contribution >= 4 is 18.0 Å². The first-order chi connectivity index (χ1) is 13.9. The molecule has 0 bridgehead atoms. The summed E-state index contributed by atoms with van der Waals surface area (Å²) in [5, 5.41) is 14.7. The first-order valence-electron chi connectivity index (χ1n) is 9.78. The summed E-state index contributed by atoms with van der Waals surface area (Å²) in [6.45, 7) is 12.2. The van der Waals surface area contributed by atoms with Crippen LogP contribution >= 0.6 is 0 Å². The summed E-state index contributed by atoms with van der Waals surface area (Å²) in [5.74, 6) is -1.28. The Balaban J connectivity index is 3.00. The van der Waals surface area contributed by atoms with Gasteiger partial charge in [0.25, 0.3) is 0 Å². The molecule has 8 nitrogen and oxygen atoms in total. The fraction of sp³-hybridized carbons (Fsp3) is 0.500. The van der Waals surface area contributed by atoms with Gasteiger partial charge < -0.3 is 25.2 Å². The van der Waals surface area contributed by atoms with Gasteiger partial charge in [0, 0.05) is 6.42 Å². The monoisotopic (exact) mass is 420 g/mol. The molecular weight excluding hydrogens is 388 g/mol. The zero-order chi connectivity index (χ0) is 22.9. The zero-order valence-corrected chi connectivity index (χ0v) is 18.2. The second-order valence-corrected chi connectivity index (χ2v) is 8.22. The van der Waals surface area contributed by atoms with Crippen LogP contribution in [0.25, 0.3) is 0 Å². The van der Waals surface area contributed by atoms with Crippen LogP contribution in [0.15, 0.2) is 36.9 Å². The Bertz CT molecular complexity index is 737. The summed E-state index contributed by atoms with van der Waals surface area (Å²) in [7, 11) is 0. The molecule has 0 heterocycles. The normalized spacial score (nSPS) is 13.1. The molecule has 0 aliphatic heterocycles. The fourth-order valence-corrected chi connectivity index (χ4v) is 2.51. The van der Waals surface area contributed by atoms with E-state index in [-0.39, 0.29) is 24.7 Å². The van der Waals surface area contributed by atoms with E-state index < -0.39 is 35.7 Å². The summed E-state index contributed by atoms with van der Waals surface area (Å²) in [5.41, 5.74) is -0.0298. The van der Waals surface area contributed by atoms with Crippen molar-refractivity contribution in [2.24, 2.45) is 5.92 Å². The maximum absolute atomic E-state index is 13.0. The molecule has 0 radical (unpaired) electrons. The quantitative estimate of drug-likeness (QED) is 0.418. The van der Waals surface area contributed by atoms with Crippen LogP contribution in [-0.4, -0.2) is 47.4 Å². The average Bonchev–Trinajstić information content (AvgIpc) is 2.63. The van der Waals surface area contributed by atoms with Gasteiger partial charge in [0.15, 0.2) is 0 Å². The van der Waals surface area contributed by atoms with Crippen molar-refractivity contribution in [3.8, 4) is 5.75 Å². The summed E-state index contributed by atoms with van der Waals surface area (Å²) in [4.78, 5) is 37.5. The van der Waals surface area contributed by atoms with Crippen LogP contribution < -0.4 is 10.6 Å². The predicted molar refractivity (Wildman–Crippen MR) is 113 cm³/mol. The Morgan fingerprint density at radius 2 is 1.73 bits per heavy atom. The van der Waals surface area contributed by atoms with Crippen molar-refractivity contribution in [1.29, 1.82) is 0 Å². The minimum absolute atomic E-state index is 0.0328. The highest BCUT2D eigenvalue weighted by Crippen LogP contribution is 2.13. The van der Waals surface area contributed by atoms with Gasteiger partial charge in [-0.3, -0.25) is 4.79 Å². The van der Waals surface area contributed by atoms with Crippen molar-refractivity contribution in [3.05, 3.63) is 42.5 Å². The summed E-state index contributed by atoms with van der Waals surface area (Å²) < 4.78 is 10.3. The molecule has 2 atom stereocenters. The molecule has 0 fully saturated rings. The van der Waals surface area contributed by atoms with E-state index in [1.54, 1.807) is 46.8 Å². The molecule has 0 aliphatic rings. The van der Waals surface area contributed by atoms with Gasteiger partial charge in [-0.1, -0.05) is 38.6 Å². The first-order valence-corrected chi connectivity index (χ1v) is 9.78. The standard InChI is InChI=1S/C22H32N2O6/c1-7-12-29-20(27)18(14(2)3)24-19(26)17(23-21(28)30-22(4,5)6)13-15-8-10-16(25)11-9-15/h7-11,14,17-18,25H,1,12-13H2,2-6H3,(H,23,28)(H,24,26)/t17-,18-/m0/s1. The molecule has 0 saturated heterocycles. The number of ether oxygens (including phenoxy) is 2. The molecule has 3 N–H and O–H groups in total. The van der Waals surface area contributed by atoms with Gasteiger partial charge in [-0.05, 0) is 44.4 Å². The third kappa shape index (κ3) is 8.98. The Kier molecular flexibility index (Phi) is 9.36. The predicted octanol–water partition coefficient (Wildman–Crippen LogP) is 2.70. The van der Waals surface area contributed by atoms with Crippen molar-refractivity contribution in [2.45, 2.75) is 58.7 Å². The smallest absolute Gasteiger partial charge is 0.408 e. The SMILES string of the molecule is C=CCOC(=O)[C@@H](NC(=O)[C@H](Cc1ccc(O)cc1)NC(=O)OC(C)(C)C)C(C)C.